The standard InChI is InChI=1S/C37H64ClN3O3/c1-28(2)12-9-13-29(3)14-10-15-30(4)16-11-17-31(5)18-19-40-20-22-41(23-21-40)26-37(6,7)27-44-36(42)32-24-33(38)34(39)25-35(32)43-8/h18,24-25,28-30H,9-17,19-23,26-27,39H2,1-8H3/b31-18+/t29-,30-/m1/s1. The van der Waals surface area contributed by atoms with Gasteiger partial charge in [-0.3, -0.25) is 4.90 Å². The second-order valence-electron chi connectivity index (χ2n) is 14.8. The van der Waals surface area contributed by atoms with E-state index in [1.807, 2.05) is 0 Å². The summed E-state index contributed by atoms with van der Waals surface area (Å²) >= 11 is 6.13. The highest BCUT2D eigenvalue weighted by Gasteiger charge is 2.27. The van der Waals surface area contributed by atoms with Gasteiger partial charge in [0.1, 0.15) is 11.3 Å². The fourth-order valence-corrected chi connectivity index (χ4v) is 6.28. The van der Waals surface area contributed by atoms with E-state index < -0.39 is 5.97 Å². The van der Waals surface area contributed by atoms with Crippen LogP contribution in [-0.2, 0) is 4.74 Å². The molecular formula is C37H64ClN3O3. The molecule has 0 aromatic heterocycles. The minimum absolute atomic E-state index is 0.179. The van der Waals surface area contributed by atoms with Gasteiger partial charge in [-0.25, -0.2) is 4.79 Å². The molecule has 0 radical (unpaired) electrons. The molecule has 1 aromatic carbocycles. The van der Waals surface area contributed by atoms with Gasteiger partial charge in [-0.05, 0) is 43.6 Å². The summed E-state index contributed by atoms with van der Waals surface area (Å²) in [5.41, 5.74) is 7.86. The first-order valence-electron chi connectivity index (χ1n) is 17.2. The summed E-state index contributed by atoms with van der Waals surface area (Å²) < 4.78 is 11.0. The number of nitrogens with two attached hydrogens (primary N) is 1. The number of nitrogen functional groups attached to an aromatic ring is 1. The largest absolute Gasteiger partial charge is 0.496 e. The summed E-state index contributed by atoms with van der Waals surface area (Å²) in [6.45, 7) is 22.5. The van der Waals surface area contributed by atoms with E-state index in [1.54, 1.807) is 6.07 Å². The first-order chi connectivity index (χ1) is 20.8. The predicted octanol–water partition coefficient (Wildman–Crippen LogP) is 9.12. The molecule has 0 amide bonds. The Morgan fingerprint density at radius 1 is 0.955 bits per heavy atom. The molecule has 1 aromatic rings. The number of halogens is 1. The van der Waals surface area contributed by atoms with Crippen LogP contribution in [0.25, 0.3) is 0 Å². The molecule has 7 heteroatoms. The lowest BCUT2D eigenvalue weighted by Gasteiger charge is -2.38. The van der Waals surface area contributed by atoms with Crippen molar-refractivity contribution in [3.05, 3.63) is 34.4 Å². The third-order valence-corrected chi connectivity index (χ3v) is 9.41. The molecule has 1 saturated heterocycles. The maximum atomic E-state index is 12.8. The minimum Gasteiger partial charge on any atom is -0.496 e. The summed E-state index contributed by atoms with van der Waals surface area (Å²) in [7, 11) is 1.50. The van der Waals surface area contributed by atoms with Crippen molar-refractivity contribution in [2.75, 3.05) is 58.7 Å². The Morgan fingerprint density at radius 3 is 2.11 bits per heavy atom. The number of carbonyl (C=O) groups excluding carboxylic acids is 1. The lowest BCUT2D eigenvalue weighted by molar-refractivity contribution is 0.0214. The molecule has 2 N–H and O–H groups in total. The normalized spacial score (nSPS) is 16.7. The number of hydrogen-bond acceptors (Lipinski definition) is 6. The summed E-state index contributed by atoms with van der Waals surface area (Å²) in [4.78, 5) is 17.8. The van der Waals surface area contributed by atoms with Gasteiger partial charge in [0.05, 0.1) is 24.4 Å². The van der Waals surface area contributed by atoms with Crippen LogP contribution in [0.3, 0.4) is 0 Å². The fourth-order valence-electron chi connectivity index (χ4n) is 6.11. The van der Waals surface area contributed by atoms with Crippen LogP contribution in [0.1, 0.15) is 117 Å². The van der Waals surface area contributed by atoms with Crippen LogP contribution in [0.2, 0.25) is 5.02 Å². The summed E-state index contributed by atoms with van der Waals surface area (Å²) in [6, 6.07) is 3.07. The van der Waals surface area contributed by atoms with Crippen LogP contribution >= 0.6 is 11.6 Å². The molecule has 0 unspecified atom stereocenters. The number of carbonyl (C=O) groups is 1. The number of benzene rings is 1. The van der Waals surface area contributed by atoms with Crippen molar-refractivity contribution in [3.8, 4) is 5.75 Å². The molecule has 1 heterocycles. The molecule has 1 aliphatic heterocycles. The number of allylic oxidation sites excluding steroid dienone is 1. The fraction of sp³-hybridized carbons (Fsp3) is 0.757. The quantitative estimate of drug-likeness (QED) is 0.0877. The predicted molar refractivity (Wildman–Crippen MR) is 188 cm³/mol. The van der Waals surface area contributed by atoms with Gasteiger partial charge in [-0.2, -0.15) is 0 Å². The first-order valence-corrected chi connectivity index (χ1v) is 17.6. The Morgan fingerprint density at radius 2 is 1.52 bits per heavy atom. The number of hydrogen-bond donors (Lipinski definition) is 1. The van der Waals surface area contributed by atoms with Crippen LogP contribution in [0.15, 0.2) is 23.8 Å². The molecule has 44 heavy (non-hydrogen) atoms. The van der Waals surface area contributed by atoms with Crippen molar-refractivity contribution in [1.82, 2.24) is 9.80 Å². The van der Waals surface area contributed by atoms with Crippen molar-refractivity contribution < 1.29 is 14.3 Å². The maximum Gasteiger partial charge on any atom is 0.341 e. The lowest BCUT2D eigenvalue weighted by Crippen LogP contribution is -2.49. The molecule has 252 valence electrons. The summed E-state index contributed by atoms with van der Waals surface area (Å²) in [5, 5.41) is 0.313. The first kappa shape index (κ1) is 38.4. The average molecular weight is 634 g/mol. The van der Waals surface area contributed by atoms with E-state index in [9.17, 15) is 4.79 Å². The monoisotopic (exact) mass is 633 g/mol. The van der Waals surface area contributed by atoms with Crippen LogP contribution in [-0.4, -0.2) is 68.8 Å². The van der Waals surface area contributed by atoms with Crippen molar-refractivity contribution in [2.45, 2.75) is 106 Å². The van der Waals surface area contributed by atoms with Crippen LogP contribution < -0.4 is 10.5 Å². The number of anilines is 1. The third kappa shape index (κ3) is 15.0. The smallest absolute Gasteiger partial charge is 0.341 e. The summed E-state index contributed by atoms with van der Waals surface area (Å²) in [5.74, 6) is 2.49. The SMILES string of the molecule is COc1cc(N)c(Cl)cc1C(=O)OCC(C)(C)CN1CCN(C/C=C(\C)CCC[C@H](C)CCC[C@H](C)CCCC(C)C)CC1. The van der Waals surface area contributed by atoms with Gasteiger partial charge in [0.2, 0.25) is 0 Å². The van der Waals surface area contributed by atoms with Gasteiger partial charge < -0.3 is 20.1 Å². The number of ether oxygens (including phenoxy) is 2. The summed E-state index contributed by atoms with van der Waals surface area (Å²) in [6.07, 6.45) is 14.7. The van der Waals surface area contributed by atoms with E-state index in [0.717, 1.165) is 57.0 Å². The van der Waals surface area contributed by atoms with Gasteiger partial charge >= 0.3 is 5.97 Å². The molecule has 2 rings (SSSR count). The zero-order valence-corrected chi connectivity index (χ0v) is 30.1. The van der Waals surface area contributed by atoms with E-state index >= 15 is 0 Å². The molecular weight excluding hydrogens is 570 g/mol. The highest BCUT2D eigenvalue weighted by molar-refractivity contribution is 6.33. The number of rotatable bonds is 20. The van der Waals surface area contributed by atoms with E-state index in [-0.39, 0.29) is 5.41 Å². The molecule has 1 aliphatic rings. The molecule has 0 spiro atoms. The molecule has 2 atom stereocenters. The molecule has 0 bridgehead atoms. The Kier molecular flexibility index (Phi) is 17.2. The van der Waals surface area contributed by atoms with Crippen LogP contribution in [0, 0.1) is 23.2 Å². The number of nitrogens with zero attached hydrogens (tertiary/aromatic N) is 2. The van der Waals surface area contributed by atoms with Crippen molar-refractivity contribution in [3.63, 3.8) is 0 Å². The van der Waals surface area contributed by atoms with Crippen molar-refractivity contribution in [1.29, 1.82) is 0 Å². The number of piperazine rings is 1. The van der Waals surface area contributed by atoms with E-state index in [4.69, 9.17) is 26.8 Å². The van der Waals surface area contributed by atoms with Gasteiger partial charge in [-0.1, -0.05) is 110 Å². The van der Waals surface area contributed by atoms with Gasteiger partial charge in [-0.15, -0.1) is 0 Å². The average Bonchev–Trinajstić information content (AvgIpc) is 2.96. The topological polar surface area (TPSA) is 68.0 Å². The molecule has 6 nitrogen and oxygen atoms in total. The highest BCUT2D eigenvalue weighted by atomic mass is 35.5. The second-order valence-corrected chi connectivity index (χ2v) is 15.2. The van der Waals surface area contributed by atoms with Crippen LogP contribution in [0.4, 0.5) is 5.69 Å². The second kappa shape index (κ2) is 19.7. The lowest BCUT2D eigenvalue weighted by atomic mass is 9.91. The van der Waals surface area contributed by atoms with Gasteiger partial charge in [0.25, 0.3) is 0 Å². The Balaban J connectivity index is 1.62. The molecule has 1 fully saturated rings. The third-order valence-electron chi connectivity index (χ3n) is 9.09. The van der Waals surface area contributed by atoms with E-state index in [1.165, 1.54) is 76.5 Å². The zero-order valence-electron chi connectivity index (χ0n) is 29.4. The number of esters is 1. The number of methoxy groups -OCH3 is 1. The highest BCUT2D eigenvalue weighted by Crippen LogP contribution is 2.30. The van der Waals surface area contributed by atoms with Crippen molar-refractivity contribution in [2.24, 2.45) is 23.2 Å². The zero-order chi connectivity index (χ0) is 32.7. The maximum absolute atomic E-state index is 12.8. The van der Waals surface area contributed by atoms with Gasteiger partial charge in [0, 0.05) is 50.7 Å². The Bertz CT molecular complexity index is 1020. The Labute approximate surface area is 275 Å². The van der Waals surface area contributed by atoms with Crippen molar-refractivity contribution >= 4 is 23.3 Å². The molecule has 0 saturated carbocycles. The van der Waals surface area contributed by atoms with E-state index in [2.05, 4.69) is 64.3 Å². The van der Waals surface area contributed by atoms with E-state index in [0.29, 0.717) is 28.6 Å². The molecule has 0 aliphatic carbocycles. The minimum atomic E-state index is -0.448. The Hall–Kier alpha value is -1.76. The van der Waals surface area contributed by atoms with Crippen LogP contribution in [0.5, 0.6) is 5.75 Å². The van der Waals surface area contributed by atoms with Gasteiger partial charge in [0.15, 0.2) is 0 Å².